The number of benzene rings is 2. The van der Waals surface area contributed by atoms with Gasteiger partial charge in [0.15, 0.2) is 18.2 Å². The lowest BCUT2D eigenvalue weighted by atomic mass is 10.0. The molecule has 4 N–H and O–H groups in total. The number of aliphatic hydroxyl groups is 4. The maximum Gasteiger partial charge on any atom is 0.346 e. The zero-order valence-corrected chi connectivity index (χ0v) is 41.4. The zero-order valence-electron chi connectivity index (χ0n) is 41.4. The van der Waals surface area contributed by atoms with Gasteiger partial charge in [-0.1, -0.05) is 64.4 Å². The van der Waals surface area contributed by atoms with Crippen LogP contribution in [0.1, 0.15) is 123 Å². The topological polar surface area (TPSA) is 282 Å². The zero-order chi connectivity index (χ0) is 52.9. The average Bonchev–Trinajstić information content (AvgIpc) is 3.85. The molecule has 68 heavy (non-hydrogen) atoms. The largest absolute Gasteiger partial charge is 0.463 e. The Labute approximate surface area is 400 Å². The van der Waals surface area contributed by atoms with E-state index in [0.29, 0.717) is 29.6 Å². The Morgan fingerprint density at radius 1 is 0.691 bits per heavy atom. The highest BCUT2D eigenvalue weighted by Gasteiger charge is 2.28. The van der Waals surface area contributed by atoms with E-state index < -0.39 is 54.3 Å². The van der Waals surface area contributed by atoms with Crippen LogP contribution in [-0.2, 0) is 52.3 Å². The molecule has 2 atom stereocenters. The second-order valence-electron chi connectivity index (χ2n) is 14.0. The van der Waals surface area contributed by atoms with Crippen LogP contribution in [0.3, 0.4) is 0 Å². The van der Waals surface area contributed by atoms with E-state index in [4.69, 9.17) is 39.4 Å². The summed E-state index contributed by atoms with van der Waals surface area (Å²) in [6, 6.07) is 12.7. The van der Waals surface area contributed by atoms with Gasteiger partial charge in [0.2, 0.25) is 0 Å². The molecule has 0 amide bonds. The van der Waals surface area contributed by atoms with Gasteiger partial charge in [-0.2, -0.15) is 0 Å². The summed E-state index contributed by atoms with van der Waals surface area (Å²) in [5.74, 6) is -3.85. The fraction of sp³-hybridized carbons (Fsp3) is 0.510. The minimum atomic E-state index is -0.774. The Morgan fingerprint density at radius 3 is 1.49 bits per heavy atom. The van der Waals surface area contributed by atoms with E-state index in [1.165, 1.54) is 38.8 Å². The number of hydrogen-bond acceptors (Lipinski definition) is 19. The monoisotopic (exact) mass is 966 g/mol. The van der Waals surface area contributed by atoms with Crippen LogP contribution < -0.4 is 0 Å². The molecule has 0 bridgehead atoms. The standard InChI is InChI=1S/C16H16O6.C8H4O3.3C5H12O.C4H2O3.2C3H8O2/c1-3-21-15(19)9-8-12(18)10-22-16(20)14-7-5-4-6-13(14)11(2)17;9-7-5-3-1-2-4-6(5)8(10)11-7;1-5(2)4-6-3;1-4-5(2)6-3;1-3-4-5-6-2;5-3-1-2-4(6)7-3;1-3(5)2-4;4-2-1-3-5/h4-9H,3,10H2,1-2H3;1-4H;2*5H,4H2,1-3H3;3-5H2,1-2H3;1-2H;3-5H,2H2,1H3;4-5H,1-3H2/b9-8+;;;;;;;. The van der Waals surface area contributed by atoms with Gasteiger partial charge >= 0.3 is 35.8 Å². The first-order valence-corrected chi connectivity index (χ1v) is 21.7. The van der Waals surface area contributed by atoms with Crippen LogP contribution in [0, 0.1) is 5.92 Å². The normalized spacial score (nSPS) is 12.2. The number of ketones is 2. The molecule has 2 aromatic carbocycles. The molecule has 19 heteroatoms. The number of rotatable bonds is 17. The Morgan fingerprint density at radius 2 is 1.19 bits per heavy atom. The first-order chi connectivity index (χ1) is 32.2. The lowest BCUT2D eigenvalue weighted by molar-refractivity contribution is -0.150. The Balaban J connectivity index is -0.000000375. The Kier molecular flexibility index (Phi) is 46.8. The molecule has 2 aliphatic rings. The van der Waals surface area contributed by atoms with Gasteiger partial charge in [-0.05, 0) is 77.2 Å². The lowest BCUT2D eigenvalue weighted by Gasteiger charge is -2.06. The SMILES string of the molecule is CC(O)CO.CCC(C)OC.CCCCOC.CCOC(=O)/C=C/C(=O)COC(=O)c1ccccc1C(C)=O.COCC(C)C.O=C1C=CC(=O)O1.O=C1OC(=O)c2ccccc21.OCCCO. The van der Waals surface area contributed by atoms with Crippen molar-refractivity contribution < 1.29 is 91.9 Å². The van der Waals surface area contributed by atoms with Crippen molar-refractivity contribution in [2.45, 2.75) is 93.3 Å². The van der Waals surface area contributed by atoms with Crippen molar-refractivity contribution in [1.29, 1.82) is 0 Å². The Hall–Kier alpha value is -5.80. The number of methoxy groups -OCH3 is 3. The number of aliphatic hydroxyl groups excluding tert-OH is 4. The second-order valence-corrected chi connectivity index (χ2v) is 14.0. The van der Waals surface area contributed by atoms with Crippen LogP contribution in [0.2, 0.25) is 0 Å². The molecule has 4 rings (SSSR count). The van der Waals surface area contributed by atoms with E-state index >= 15 is 0 Å². The van der Waals surface area contributed by atoms with Crippen LogP contribution in [0.15, 0.2) is 72.8 Å². The number of unbranched alkanes of at least 4 members (excludes halogenated alkanes) is 1. The summed E-state index contributed by atoms with van der Waals surface area (Å²) in [4.78, 5) is 87.3. The van der Waals surface area contributed by atoms with Gasteiger partial charge in [0.05, 0.1) is 42.1 Å². The van der Waals surface area contributed by atoms with E-state index in [-0.39, 0.29) is 43.3 Å². The van der Waals surface area contributed by atoms with Gasteiger partial charge in [0.1, 0.15) is 0 Å². The maximum absolute atomic E-state index is 11.9. The molecule has 384 valence electrons. The fourth-order valence-corrected chi connectivity index (χ4v) is 3.78. The first kappa shape index (κ1) is 68.8. The van der Waals surface area contributed by atoms with Crippen LogP contribution in [0.4, 0.5) is 0 Å². The molecule has 2 heterocycles. The van der Waals surface area contributed by atoms with E-state index in [1.54, 1.807) is 64.7 Å². The molecule has 0 aliphatic carbocycles. The quantitative estimate of drug-likeness (QED) is 0.0394. The predicted octanol–water partition coefficient (Wildman–Crippen LogP) is 5.23. The summed E-state index contributed by atoms with van der Waals surface area (Å²) in [7, 11) is 5.18. The van der Waals surface area contributed by atoms with E-state index in [9.17, 15) is 38.4 Å². The minimum Gasteiger partial charge on any atom is -0.463 e. The van der Waals surface area contributed by atoms with Crippen LogP contribution in [-0.4, -0.2) is 148 Å². The molecule has 19 nitrogen and oxygen atoms in total. The number of cyclic esters (lactones) is 4. The lowest BCUT2D eigenvalue weighted by Crippen LogP contribution is -2.15. The summed E-state index contributed by atoms with van der Waals surface area (Å²) in [5.41, 5.74) is 1.04. The number of carbonyl (C=O) groups is 8. The number of hydrogen-bond donors (Lipinski definition) is 4. The number of ether oxygens (including phenoxy) is 7. The molecule has 2 aliphatic heterocycles. The first-order valence-electron chi connectivity index (χ1n) is 21.7. The fourth-order valence-electron chi connectivity index (χ4n) is 3.78. The van der Waals surface area contributed by atoms with Gasteiger partial charge in [0.25, 0.3) is 0 Å². The van der Waals surface area contributed by atoms with Gasteiger partial charge < -0.3 is 53.6 Å². The third kappa shape index (κ3) is 40.5. The summed E-state index contributed by atoms with van der Waals surface area (Å²) < 4.78 is 32.2. The molecule has 0 radical (unpaired) electrons. The maximum atomic E-state index is 11.9. The predicted molar refractivity (Wildman–Crippen MR) is 252 cm³/mol. The van der Waals surface area contributed by atoms with Gasteiger partial charge in [-0.3, -0.25) is 9.59 Å². The summed E-state index contributed by atoms with van der Waals surface area (Å²) in [6.07, 6.45) is 8.01. The van der Waals surface area contributed by atoms with Crippen molar-refractivity contribution in [2.24, 2.45) is 5.92 Å². The molecular formula is C49H74O19. The molecule has 0 aromatic heterocycles. The van der Waals surface area contributed by atoms with Crippen molar-refractivity contribution in [1.82, 2.24) is 0 Å². The van der Waals surface area contributed by atoms with Crippen molar-refractivity contribution in [2.75, 3.05) is 67.6 Å². The minimum absolute atomic E-state index is 0.0938. The van der Waals surface area contributed by atoms with Gasteiger partial charge in [0, 0.05) is 71.5 Å². The highest BCUT2D eigenvalue weighted by atomic mass is 16.6. The number of esters is 6. The van der Waals surface area contributed by atoms with Crippen molar-refractivity contribution in [3.05, 3.63) is 95.1 Å². The number of carbonyl (C=O) groups excluding carboxylic acids is 8. The molecule has 2 aromatic rings. The van der Waals surface area contributed by atoms with Crippen LogP contribution in [0.25, 0.3) is 0 Å². The van der Waals surface area contributed by atoms with E-state index in [2.05, 4.69) is 48.8 Å². The second kappa shape index (κ2) is 46.3. The molecule has 0 saturated carbocycles. The van der Waals surface area contributed by atoms with Crippen molar-refractivity contribution in [3.63, 3.8) is 0 Å². The van der Waals surface area contributed by atoms with Crippen LogP contribution >= 0.6 is 0 Å². The smallest absolute Gasteiger partial charge is 0.346 e. The third-order valence-corrected chi connectivity index (χ3v) is 7.43. The molecule has 0 fully saturated rings. The third-order valence-electron chi connectivity index (χ3n) is 7.43. The van der Waals surface area contributed by atoms with Crippen molar-refractivity contribution >= 4 is 47.4 Å². The van der Waals surface area contributed by atoms with Gasteiger partial charge in [-0.25, -0.2) is 28.8 Å². The number of Topliss-reactive ketones (excluding diaryl/α,β-unsaturated/α-hetero) is 1. The Bertz CT molecular complexity index is 1720. The molecule has 0 saturated heterocycles. The highest BCUT2D eigenvalue weighted by Crippen LogP contribution is 2.18. The highest BCUT2D eigenvalue weighted by molar-refractivity contribution is 6.14. The number of fused-ring (bicyclic) bond motifs is 1. The molecular weight excluding hydrogens is 893 g/mol. The van der Waals surface area contributed by atoms with E-state index in [0.717, 1.165) is 43.9 Å². The van der Waals surface area contributed by atoms with Gasteiger partial charge in [-0.15, -0.1) is 0 Å². The van der Waals surface area contributed by atoms with Crippen molar-refractivity contribution in [3.8, 4) is 0 Å². The summed E-state index contributed by atoms with van der Waals surface area (Å²) >= 11 is 0. The van der Waals surface area contributed by atoms with E-state index in [1.807, 2.05) is 0 Å². The summed E-state index contributed by atoms with van der Waals surface area (Å²) in [6.45, 7) is 16.6. The van der Waals surface area contributed by atoms with Crippen LogP contribution in [0.5, 0.6) is 0 Å². The molecule has 0 spiro atoms. The average molecular weight is 967 g/mol. The summed E-state index contributed by atoms with van der Waals surface area (Å²) in [5, 5.41) is 31.8. The molecule has 2 unspecified atom stereocenters.